The summed E-state index contributed by atoms with van der Waals surface area (Å²) in [6, 6.07) is 14.3. The molecule has 5 nitrogen and oxygen atoms in total. The van der Waals surface area contributed by atoms with E-state index in [2.05, 4.69) is 36.9 Å². The minimum Gasteiger partial charge on any atom is -0.379 e. The van der Waals surface area contributed by atoms with E-state index in [0.29, 0.717) is 12.1 Å². The molecular formula is C25H31N3O2S2. The first-order valence-electron chi connectivity index (χ1n) is 11.4. The van der Waals surface area contributed by atoms with Crippen molar-refractivity contribution in [1.29, 1.82) is 0 Å². The summed E-state index contributed by atoms with van der Waals surface area (Å²) in [6.07, 6.45) is 1.84. The van der Waals surface area contributed by atoms with Crippen molar-refractivity contribution in [2.45, 2.75) is 31.6 Å². The molecule has 0 N–H and O–H groups in total. The summed E-state index contributed by atoms with van der Waals surface area (Å²) in [7, 11) is 0. The SMILES string of the molecule is CCSc1ccc(C(=O)N(CCCN2CCOCC2)c2nc3c(CC)cccc3s2)cc1. The molecule has 0 spiro atoms. The number of hydrogen-bond acceptors (Lipinski definition) is 6. The number of ether oxygens (including phenoxy) is 1. The lowest BCUT2D eigenvalue weighted by Crippen LogP contribution is -2.39. The summed E-state index contributed by atoms with van der Waals surface area (Å²) >= 11 is 3.40. The highest BCUT2D eigenvalue weighted by atomic mass is 32.2. The molecule has 0 bridgehead atoms. The van der Waals surface area contributed by atoms with Crippen LogP contribution in [0.1, 0.15) is 36.2 Å². The van der Waals surface area contributed by atoms with Gasteiger partial charge < -0.3 is 4.74 Å². The van der Waals surface area contributed by atoms with Crippen molar-refractivity contribution in [3.05, 3.63) is 53.6 Å². The molecule has 1 saturated heterocycles. The molecule has 1 fully saturated rings. The van der Waals surface area contributed by atoms with E-state index in [-0.39, 0.29) is 5.91 Å². The van der Waals surface area contributed by atoms with Gasteiger partial charge in [-0.2, -0.15) is 0 Å². The quantitative estimate of drug-likeness (QED) is 0.396. The first-order chi connectivity index (χ1) is 15.7. The molecule has 170 valence electrons. The van der Waals surface area contributed by atoms with E-state index in [0.717, 1.165) is 66.8 Å². The summed E-state index contributed by atoms with van der Waals surface area (Å²) < 4.78 is 6.60. The van der Waals surface area contributed by atoms with Gasteiger partial charge in [0.15, 0.2) is 5.13 Å². The van der Waals surface area contributed by atoms with Crippen LogP contribution in [-0.2, 0) is 11.2 Å². The van der Waals surface area contributed by atoms with Gasteiger partial charge in [0, 0.05) is 36.6 Å². The van der Waals surface area contributed by atoms with Gasteiger partial charge >= 0.3 is 0 Å². The Hall–Kier alpha value is -1.93. The summed E-state index contributed by atoms with van der Waals surface area (Å²) in [4.78, 5) is 24.0. The first kappa shape index (κ1) is 23.2. The number of morpholine rings is 1. The standard InChI is InChI=1S/C25H31N3O2S2/c1-3-19-7-5-8-22-23(19)26-25(32-22)28(14-6-13-27-15-17-30-18-16-27)24(29)20-9-11-21(12-10-20)31-4-2/h5,7-12H,3-4,6,13-18H2,1-2H3. The second-order valence-corrected chi connectivity index (χ2v) is 10.2. The van der Waals surface area contributed by atoms with Crippen LogP contribution in [0.4, 0.5) is 5.13 Å². The fraction of sp³-hybridized carbons (Fsp3) is 0.440. The topological polar surface area (TPSA) is 45.7 Å². The fourth-order valence-electron chi connectivity index (χ4n) is 3.97. The number of benzene rings is 2. The monoisotopic (exact) mass is 469 g/mol. The van der Waals surface area contributed by atoms with E-state index in [1.165, 1.54) is 10.5 Å². The molecule has 2 aromatic carbocycles. The maximum atomic E-state index is 13.6. The molecule has 1 amide bonds. The van der Waals surface area contributed by atoms with Crippen LogP contribution in [0.2, 0.25) is 0 Å². The molecule has 0 unspecified atom stereocenters. The minimum absolute atomic E-state index is 0.0251. The van der Waals surface area contributed by atoms with Gasteiger partial charge in [-0.15, -0.1) is 11.8 Å². The highest BCUT2D eigenvalue weighted by Crippen LogP contribution is 2.32. The summed E-state index contributed by atoms with van der Waals surface area (Å²) in [6.45, 7) is 9.42. The lowest BCUT2D eigenvalue weighted by atomic mass is 10.1. The van der Waals surface area contributed by atoms with E-state index in [4.69, 9.17) is 9.72 Å². The number of anilines is 1. The molecule has 2 heterocycles. The van der Waals surface area contributed by atoms with Crippen molar-refractivity contribution in [2.24, 2.45) is 0 Å². The zero-order valence-corrected chi connectivity index (χ0v) is 20.5. The Morgan fingerprint density at radius 2 is 1.94 bits per heavy atom. The van der Waals surface area contributed by atoms with Crippen molar-refractivity contribution in [3.63, 3.8) is 0 Å². The first-order valence-corrected chi connectivity index (χ1v) is 13.2. The maximum Gasteiger partial charge on any atom is 0.260 e. The van der Waals surface area contributed by atoms with Crippen molar-refractivity contribution in [3.8, 4) is 0 Å². The summed E-state index contributed by atoms with van der Waals surface area (Å²) in [5.74, 6) is 1.05. The van der Waals surface area contributed by atoms with E-state index in [1.54, 1.807) is 23.1 Å². The van der Waals surface area contributed by atoms with Crippen molar-refractivity contribution in [2.75, 3.05) is 50.0 Å². The number of rotatable bonds is 9. The van der Waals surface area contributed by atoms with Crippen LogP contribution >= 0.6 is 23.1 Å². The van der Waals surface area contributed by atoms with Gasteiger partial charge in [0.25, 0.3) is 5.91 Å². The number of thioether (sulfide) groups is 1. The highest BCUT2D eigenvalue weighted by molar-refractivity contribution is 7.99. The smallest absolute Gasteiger partial charge is 0.260 e. The second kappa shape index (κ2) is 11.3. The molecule has 1 aliphatic heterocycles. The number of fused-ring (bicyclic) bond motifs is 1. The highest BCUT2D eigenvalue weighted by Gasteiger charge is 2.22. The van der Waals surface area contributed by atoms with Crippen molar-refractivity contribution in [1.82, 2.24) is 9.88 Å². The van der Waals surface area contributed by atoms with Gasteiger partial charge in [-0.25, -0.2) is 4.98 Å². The molecule has 0 aliphatic carbocycles. The zero-order chi connectivity index (χ0) is 22.3. The van der Waals surface area contributed by atoms with Crippen LogP contribution in [-0.4, -0.2) is 60.9 Å². The molecular weight excluding hydrogens is 438 g/mol. The number of para-hydroxylation sites is 1. The Labute approximate surface area is 198 Å². The predicted molar refractivity (Wildman–Crippen MR) is 135 cm³/mol. The molecule has 7 heteroatoms. The molecule has 0 atom stereocenters. The summed E-state index contributed by atoms with van der Waals surface area (Å²) in [5.41, 5.74) is 2.97. The van der Waals surface area contributed by atoms with Gasteiger partial charge in [-0.1, -0.05) is 37.3 Å². The summed E-state index contributed by atoms with van der Waals surface area (Å²) in [5, 5.41) is 0.792. The Morgan fingerprint density at radius 1 is 1.16 bits per heavy atom. The van der Waals surface area contributed by atoms with Crippen molar-refractivity contribution < 1.29 is 9.53 Å². The number of carbonyl (C=O) groups is 1. The third-order valence-corrected chi connectivity index (χ3v) is 7.66. The van der Waals surface area contributed by atoms with Crippen LogP contribution < -0.4 is 4.90 Å². The number of thiazole rings is 1. The van der Waals surface area contributed by atoms with Gasteiger partial charge in [-0.05, 0) is 54.5 Å². The maximum absolute atomic E-state index is 13.6. The normalized spacial score (nSPS) is 14.7. The van der Waals surface area contributed by atoms with E-state index in [9.17, 15) is 4.79 Å². The van der Waals surface area contributed by atoms with Crippen LogP contribution in [0, 0.1) is 0 Å². The molecule has 0 radical (unpaired) electrons. The lowest BCUT2D eigenvalue weighted by Gasteiger charge is -2.27. The number of hydrogen-bond donors (Lipinski definition) is 0. The Bertz CT molecular complexity index is 1030. The third kappa shape index (κ3) is 5.52. The Balaban J connectivity index is 1.57. The minimum atomic E-state index is 0.0251. The number of nitrogens with zero attached hydrogens (tertiary/aromatic N) is 3. The third-order valence-electron chi connectivity index (χ3n) is 5.72. The molecule has 0 saturated carbocycles. The van der Waals surface area contributed by atoms with Gasteiger partial charge in [0.1, 0.15) is 0 Å². The van der Waals surface area contributed by atoms with E-state index >= 15 is 0 Å². The number of carbonyl (C=O) groups excluding carboxylic acids is 1. The van der Waals surface area contributed by atoms with Crippen LogP contribution in [0.3, 0.4) is 0 Å². The van der Waals surface area contributed by atoms with Crippen LogP contribution in [0.15, 0.2) is 47.4 Å². The number of aryl methyl sites for hydroxylation is 1. The average Bonchev–Trinajstić information content (AvgIpc) is 3.27. The van der Waals surface area contributed by atoms with Crippen LogP contribution in [0.5, 0.6) is 0 Å². The lowest BCUT2D eigenvalue weighted by molar-refractivity contribution is 0.0376. The zero-order valence-electron chi connectivity index (χ0n) is 18.9. The second-order valence-electron chi connectivity index (χ2n) is 7.84. The fourth-order valence-corrected chi connectivity index (χ4v) is 5.67. The molecule has 3 aromatic rings. The molecule has 1 aliphatic rings. The van der Waals surface area contributed by atoms with Crippen LogP contribution in [0.25, 0.3) is 10.2 Å². The number of amides is 1. The number of aromatic nitrogens is 1. The van der Waals surface area contributed by atoms with Gasteiger partial charge in [0.05, 0.1) is 23.4 Å². The van der Waals surface area contributed by atoms with E-state index < -0.39 is 0 Å². The Kier molecular flexibility index (Phi) is 8.19. The van der Waals surface area contributed by atoms with Gasteiger partial charge in [-0.3, -0.25) is 14.6 Å². The Morgan fingerprint density at radius 3 is 2.66 bits per heavy atom. The largest absolute Gasteiger partial charge is 0.379 e. The van der Waals surface area contributed by atoms with E-state index in [1.807, 2.05) is 29.2 Å². The average molecular weight is 470 g/mol. The molecule has 32 heavy (non-hydrogen) atoms. The predicted octanol–water partition coefficient (Wildman–Crippen LogP) is 5.34. The van der Waals surface area contributed by atoms with Gasteiger partial charge in [0.2, 0.25) is 0 Å². The van der Waals surface area contributed by atoms with Crippen molar-refractivity contribution >= 4 is 44.4 Å². The molecule has 4 rings (SSSR count). The molecule has 1 aromatic heterocycles.